The number of nitrogens with zero attached hydrogens (tertiary/aromatic N) is 3. The summed E-state index contributed by atoms with van der Waals surface area (Å²) in [5, 5.41) is 11.2. The zero-order chi connectivity index (χ0) is 25.2. The van der Waals surface area contributed by atoms with Crippen molar-refractivity contribution in [3.8, 4) is 10.6 Å². The van der Waals surface area contributed by atoms with Gasteiger partial charge < -0.3 is 5.32 Å². The summed E-state index contributed by atoms with van der Waals surface area (Å²) in [5.74, 6) is -1.03. The van der Waals surface area contributed by atoms with Crippen molar-refractivity contribution >= 4 is 84.3 Å². The van der Waals surface area contributed by atoms with Crippen molar-refractivity contribution in [3.63, 3.8) is 0 Å². The number of para-hydroxylation sites is 1. The maximum Gasteiger partial charge on any atom is 0.296 e. The molecule has 9 nitrogen and oxygen atoms in total. The normalized spacial score (nSPS) is 12.3. The Morgan fingerprint density at radius 1 is 1.03 bits per heavy atom. The summed E-state index contributed by atoms with van der Waals surface area (Å²) in [6, 6.07) is 17.5. The number of thiazole rings is 1. The number of anilines is 1. The molecule has 0 saturated heterocycles. The number of aromatic nitrogens is 1. The summed E-state index contributed by atoms with van der Waals surface area (Å²) in [5.41, 5.74) is 2.56. The van der Waals surface area contributed by atoms with Crippen molar-refractivity contribution in [2.75, 3.05) is 5.32 Å². The summed E-state index contributed by atoms with van der Waals surface area (Å²) in [7, 11) is -4.40. The van der Waals surface area contributed by atoms with Gasteiger partial charge in [-0.3, -0.25) is 14.1 Å². The van der Waals surface area contributed by atoms with E-state index in [1.54, 1.807) is 67.6 Å². The molecule has 1 atom stereocenters. The number of fused-ring (bicyclic) bond motifs is 1. The maximum atomic E-state index is 12.5. The second-order valence-corrected chi connectivity index (χ2v) is 10.0. The van der Waals surface area contributed by atoms with Crippen LogP contribution in [-0.4, -0.2) is 65.2 Å². The first kappa shape index (κ1) is 27.8. The Balaban J connectivity index is 0.00000361. The Kier molecular flexibility index (Phi) is 8.88. The molecule has 4 aromatic rings. The molecule has 3 aromatic carbocycles. The van der Waals surface area contributed by atoms with E-state index >= 15 is 0 Å². The van der Waals surface area contributed by atoms with Gasteiger partial charge in [0.05, 0.1) is 15.9 Å². The minimum Gasteiger partial charge on any atom is -0.324 e. The number of Topliss-reactive ketones (excluding diaryl/α,β-unsaturated/α-hetero) is 1. The molecular weight excluding hydrogens is 511 g/mol. The molecule has 0 aliphatic rings. The van der Waals surface area contributed by atoms with Crippen LogP contribution in [0.2, 0.25) is 0 Å². The third-order valence-electron chi connectivity index (χ3n) is 5.04. The zero-order valence-electron chi connectivity index (χ0n) is 19.7. The van der Waals surface area contributed by atoms with E-state index in [9.17, 15) is 22.6 Å². The number of ketones is 1. The first-order valence-corrected chi connectivity index (χ1v) is 12.6. The van der Waals surface area contributed by atoms with Crippen molar-refractivity contribution in [1.29, 1.82) is 0 Å². The van der Waals surface area contributed by atoms with E-state index in [1.165, 1.54) is 6.92 Å². The fraction of sp³-hybridized carbons (Fsp3) is 0.125. The molecule has 1 amide bonds. The topological polar surface area (TPSA) is 138 Å². The van der Waals surface area contributed by atoms with Crippen LogP contribution < -0.4 is 5.32 Å². The van der Waals surface area contributed by atoms with Crippen LogP contribution in [0.5, 0.6) is 0 Å². The predicted molar refractivity (Wildman–Crippen MR) is 139 cm³/mol. The third kappa shape index (κ3) is 6.30. The van der Waals surface area contributed by atoms with Crippen LogP contribution in [-0.2, 0) is 19.7 Å². The van der Waals surface area contributed by atoms with Crippen LogP contribution in [0.25, 0.3) is 20.8 Å². The molecule has 179 valence electrons. The fourth-order valence-electron chi connectivity index (χ4n) is 3.36. The smallest absolute Gasteiger partial charge is 0.296 e. The van der Waals surface area contributed by atoms with Crippen molar-refractivity contribution in [2.45, 2.75) is 24.8 Å². The molecule has 0 aliphatic carbocycles. The van der Waals surface area contributed by atoms with E-state index in [0.717, 1.165) is 11.3 Å². The minimum atomic E-state index is -4.40. The van der Waals surface area contributed by atoms with E-state index in [0.29, 0.717) is 37.7 Å². The van der Waals surface area contributed by atoms with Crippen molar-refractivity contribution in [3.05, 3.63) is 72.3 Å². The Bertz CT molecular complexity index is 1550. The van der Waals surface area contributed by atoms with Gasteiger partial charge in [-0.1, -0.05) is 24.3 Å². The summed E-state index contributed by atoms with van der Waals surface area (Å²) in [6.45, 7) is 2.88. The Hall–Kier alpha value is -2.80. The van der Waals surface area contributed by atoms with Crippen LogP contribution in [0.3, 0.4) is 0 Å². The quantitative estimate of drug-likeness (QED) is 0.152. The number of rotatable bonds is 7. The average Bonchev–Trinajstić information content (AvgIpc) is 3.23. The average molecular weight is 532 g/mol. The SMILES string of the molecule is CC(=O)C(N=Nc1ccc(-c2nc3ccc(C)c(S(=O)(=O)O)c3s2)cc1)C(=O)Nc1ccccc1.[Na]. The van der Waals surface area contributed by atoms with Crippen molar-refractivity contribution in [1.82, 2.24) is 4.98 Å². The molecule has 12 heteroatoms. The van der Waals surface area contributed by atoms with Crippen LogP contribution >= 0.6 is 11.3 Å². The van der Waals surface area contributed by atoms with Crippen LogP contribution in [0.15, 0.2) is 81.9 Å². The molecule has 1 unspecified atom stereocenters. The number of nitrogens with one attached hydrogen (secondary N) is 1. The second-order valence-electron chi connectivity index (χ2n) is 7.68. The standard InChI is InChI=1S/C24H20N4O5S2.Na/c1-14-8-13-19-21(22(14)35(31,32)33)34-24(26-19)16-9-11-18(12-10-16)27-28-20(15(2)29)23(30)25-17-6-4-3-5-7-17;/h3-13,20H,1-2H3,(H,25,30)(H,31,32,33);. The summed E-state index contributed by atoms with van der Waals surface area (Å²) in [4.78, 5) is 28.8. The molecule has 1 aromatic heterocycles. The summed E-state index contributed by atoms with van der Waals surface area (Å²) in [6.07, 6.45) is 0. The Labute approximate surface area is 233 Å². The van der Waals surface area contributed by atoms with Gasteiger partial charge in [0.1, 0.15) is 9.90 Å². The number of hydrogen-bond donors (Lipinski definition) is 2. The van der Waals surface area contributed by atoms with Gasteiger partial charge in [-0.05, 0) is 61.9 Å². The number of benzene rings is 3. The van der Waals surface area contributed by atoms with Gasteiger partial charge in [-0.25, -0.2) is 4.98 Å². The summed E-state index contributed by atoms with van der Waals surface area (Å²) < 4.78 is 33.7. The number of aryl methyl sites for hydroxylation is 1. The number of amides is 1. The van der Waals surface area contributed by atoms with Crippen LogP contribution in [0, 0.1) is 6.92 Å². The van der Waals surface area contributed by atoms with Gasteiger partial charge in [0.25, 0.3) is 16.0 Å². The molecular formula is C24H20N4NaO5S2. The molecule has 0 saturated carbocycles. The first-order chi connectivity index (χ1) is 16.6. The Morgan fingerprint density at radius 2 is 1.69 bits per heavy atom. The van der Waals surface area contributed by atoms with Gasteiger partial charge in [0, 0.05) is 40.8 Å². The van der Waals surface area contributed by atoms with Gasteiger partial charge in [-0.15, -0.1) is 11.3 Å². The Morgan fingerprint density at radius 3 is 2.31 bits per heavy atom. The van der Waals surface area contributed by atoms with Gasteiger partial charge in [0.2, 0.25) is 6.04 Å². The molecule has 0 fully saturated rings. The minimum absolute atomic E-state index is 0. The van der Waals surface area contributed by atoms with E-state index in [2.05, 4.69) is 20.5 Å². The maximum absolute atomic E-state index is 12.5. The number of carbonyl (C=O) groups excluding carboxylic acids is 2. The third-order valence-corrected chi connectivity index (χ3v) is 7.35. The van der Waals surface area contributed by atoms with Crippen LogP contribution in [0.1, 0.15) is 12.5 Å². The molecule has 0 bridgehead atoms. The monoisotopic (exact) mass is 531 g/mol. The van der Waals surface area contributed by atoms with Gasteiger partial charge >= 0.3 is 0 Å². The molecule has 1 heterocycles. The molecule has 36 heavy (non-hydrogen) atoms. The van der Waals surface area contributed by atoms with Crippen molar-refractivity contribution < 1.29 is 22.6 Å². The fourth-order valence-corrected chi connectivity index (χ4v) is 5.67. The number of carbonyl (C=O) groups is 2. The van der Waals surface area contributed by atoms with Gasteiger partial charge in [0.15, 0.2) is 5.78 Å². The van der Waals surface area contributed by atoms with Crippen molar-refractivity contribution in [2.24, 2.45) is 10.2 Å². The number of azo groups is 1. The van der Waals surface area contributed by atoms with E-state index in [1.807, 2.05) is 6.07 Å². The largest absolute Gasteiger partial charge is 0.324 e. The molecule has 0 aliphatic heterocycles. The predicted octanol–water partition coefficient (Wildman–Crippen LogP) is 4.82. The molecule has 2 N–H and O–H groups in total. The first-order valence-electron chi connectivity index (χ1n) is 10.4. The van der Waals surface area contributed by atoms with Gasteiger partial charge in [-0.2, -0.15) is 18.6 Å². The molecule has 0 spiro atoms. The molecule has 4 rings (SSSR count). The second kappa shape index (κ2) is 11.5. The van der Waals surface area contributed by atoms with E-state index < -0.39 is 27.9 Å². The molecule has 1 radical (unpaired) electrons. The van der Waals surface area contributed by atoms with E-state index in [-0.39, 0.29) is 34.5 Å². The van der Waals surface area contributed by atoms with E-state index in [4.69, 9.17) is 0 Å². The van der Waals surface area contributed by atoms with Crippen LogP contribution in [0.4, 0.5) is 11.4 Å². The summed E-state index contributed by atoms with van der Waals surface area (Å²) >= 11 is 1.15. The number of hydrogen-bond acceptors (Lipinski definition) is 8. The zero-order valence-corrected chi connectivity index (χ0v) is 23.3.